The molecule has 0 radical (unpaired) electrons. The molecular weight excluding hydrogens is 278 g/mol. The van der Waals surface area contributed by atoms with Gasteiger partial charge in [-0.1, -0.05) is 48.8 Å². The lowest BCUT2D eigenvalue weighted by molar-refractivity contribution is -0.129. The van der Waals surface area contributed by atoms with Gasteiger partial charge in [-0.2, -0.15) is 4.98 Å². The van der Waals surface area contributed by atoms with Gasteiger partial charge in [-0.25, -0.2) is 0 Å². The molecule has 22 heavy (non-hydrogen) atoms. The highest BCUT2D eigenvalue weighted by atomic mass is 16.5. The number of aromatic nitrogens is 2. The summed E-state index contributed by atoms with van der Waals surface area (Å²) >= 11 is 0. The van der Waals surface area contributed by atoms with Gasteiger partial charge in [-0.15, -0.1) is 0 Å². The molecule has 1 unspecified atom stereocenters. The minimum absolute atomic E-state index is 0.103. The maximum atomic E-state index is 12.2. The van der Waals surface area contributed by atoms with Crippen LogP contribution in [0.5, 0.6) is 0 Å². The number of nitrogens with zero attached hydrogens (tertiary/aromatic N) is 3. The van der Waals surface area contributed by atoms with Crippen LogP contribution in [0.15, 0.2) is 28.8 Å². The fourth-order valence-corrected chi connectivity index (χ4v) is 2.70. The van der Waals surface area contributed by atoms with E-state index in [4.69, 9.17) is 4.52 Å². The monoisotopic (exact) mass is 299 g/mol. The van der Waals surface area contributed by atoms with Crippen LogP contribution in [-0.2, 0) is 11.3 Å². The van der Waals surface area contributed by atoms with Gasteiger partial charge >= 0.3 is 0 Å². The first-order chi connectivity index (χ1) is 10.5. The summed E-state index contributed by atoms with van der Waals surface area (Å²) in [5.74, 6) is 1.63. The normalized spacial score (nSPS) is 18.5. The van der Waals surface area contributed by atoms with Crippen LogP contribution in [0.4, 0.5) is 0 Å². The number of likely N-dealkylation sites (tertiary alicyclic amines) is 1. The smallest absolute Gasteiger partial charge is 0.249 e. The zero-order valence-corrected chi connectivity index (χ0v) is 13.2. The number of hydrogen-bond acceptors (Lipinski definition) is 4. The highest BCUT2D eigenvalue weighted by molar-refractivity contribution is 5.78. The second-order valence-electron chi connectivity index (χ2n) is 6.21. The summed E-state index contributed by atoms with van der Waals surface area (Å²) in [5, 5.41) is 4.01. The van der Waals surface area contributed by atoms with Crippen molar-refractivity contribution in [2.24, 2.45) is 0 Å². The van der Waals surface area contributed by atoms with Gasteiger partial charge in [-0.3, -0.25) is 4.79 Å². The first-order valence-electron chi connectivity index (χ1n) is 7.73. The first kappa shape index (κ1) is 14.8. The van der Waals surface area contributed by atoms with Crippen LogP contribution < -0.4 is 0 Å². The van der Waals surface area contributed by atoms with Crippen LogP contribution in [0.3, 0.4) is 0 Å². The molecule has 1 aliphatic rings. The molecule has 2 aromatic rings. The molecule has 1 aliphatic heterocycles. The number of benzene rings is 1. The Morgan fingerprint density at radius 2 is 2.05 bits per heavy atom. The molecule has 3 rings (SSSR count). The molecule has 0 aliphatic carbocycles. The van der Waals surface area contributed by atoms with Crippen LogP contribution in [0, 0.1) is 6.92 Å². The van der Waals surface area contributed by atoms with Crippen molar-refractivity contribution in [2.75, 3.05) is 0 Å². The van der Waals surface area contributed by atoms with Gasteiger partial charge < -0.3 is 9.42 Å². The summed E-state index contributed by atoms with van der Waals surface area (Å²) in [6.45, 7) is 6.69. The highest BCUT2D eigenvalue weighted by Crippen LogP contribution is 2.33. The van der Waals surface area contributed by atoms with Crippen molar-refractivity contribution < 1.29 is 9.32 Å². The molecule has 5 nitrogen and oxygen atoms in total. The zero-order chi connectivity index (χ0) is 15.7. The molecule has 116 valence electrons. The molecular formula is C17H21N3O2. The lowest BCUT2D eigenvalue weighted by atomic mass is 10.1. The third kappa shape index (κ3) is 2.89. The van der Waals surface area contributed by atoms with E-state index in [-0.39, 0.29) is 17.9 Å². The Kier molecular flexibility index (Phi) is 3.96. The van der Waals surface area contributed by atoms with Crippen molar-refractivity contribution in [3.05, 3.63) is 47.1 Å². The highest BCUT2D eigenvalue weighted by Gasteiger charge is 2.36. The second kappa shape index (κ2) is 5.91. The molecule has 1 saturated heterocycles. The summed E-state index contributed by atoms with van der Waals surface area (Å²) in [6.07, 6.45) is 1.28. The molecule has 0 bridgehead atoms. The second-order valence-corrected chi connectivity index (χ2v) is 6.21. The van der Waals surface area contributed by atoms with Crippen LogP contribution in [-0.4, -0.2) is 20.9 Å². The van der Waals surface area contributed by atoms with Crippen molar-refractivity contribution in [3.63, 3.8) is 0 Å². The predicted molar refractivity (Wildman–Crippen MR) is 82.1 cm³/mol. The van der Waals surface area contributed by atoms with Gasteiger partial charge in [0.25, 0.3) is 0 Å². The van der Waals surface area contributed by atoms with Crippen LogP contribution in [0.2, 0.25) is 0 Å². The Morgan fingerprint density at radius 1 is 1.32 bits per heavy atom. The summed E-state index contributed by atoms with van der Waals surface area (Å²) < 4.78 is 5.39. The average molecular weight is 299 g/mol. The number of aryl methyl sites for hydroxylation is 1. The van der Waals surface area contributed by atoms with Gasteiger partial charge in [-0.05, 0) is 18.9 Å². The lowest BCUT2D eigenvalue weighted by Crippen LogP contribution is -2.27. The Morgan fingerprint density at radius 3 is 2.68 bits per heavy atom. The van der Waals surface area contributed by atoms with E-state index in [2.05, 4.69) is 41.3 Å². The van der Waals surface area contributed by atoms with Crippen molar-refractivity contribution in [3.8, 4) is 0 Å². The van der Waals surface area contributed by atoms with Gasteiger partial charge in [0.2, 0.25) is 11.8 Å². The molecule has 1 atom stereocenters. The van der Waals surface area contributed by atoms with E-state index >= 15 is 0 Å². The topological polar surface area (TPSA) is 59.2 Å². The molecule has 1 fully saturated rings. The Hall–Kier alpha value is -2.17. The molecule has 5 heteroatoms. The molecule has 0 spiro atoms. The lowest BCUT2D eigenvalue weighted by Gasteiger charge is -2.22. The van der Waals surface area contributed by atoms with E-state index < -0.39 is 0 Å². The maximum absolute atomic E-state index is 12.2. The van der Waals surface area contributed by atoms with Crippen molar-refractivity contribution >= 4 is 5.91 Å². The first-order valence-corrected chi connectivity index (χ1v) is 7.73. The number of carbonyl (C=O) groups is 1. The van der Waals surface area contributed by atoms with E-state index in [1.54, 1.807) is 0 Å². The Balaban J connectivity index is 1.80. The number of rotatable bonds is 4. The summed E-state index contributed by atoms with van der Waals surface area (Å²) in [5.41, 5.74) is 2.33. The van der Waals surface area contributed by atoms with E-state index in [9.17, 15) is 4.79 Å². The van der Waals surface area contributed by atoms with Crippen molar-refractivity contribution in [1.82, 2.24) is 15.0 Å². The molecule has 0 saturated carbocycles. The van der Waals surface area contributed by atoms with E-state index in [0.717, 1.165) is 12.0 Å². The predicted octanol–water partition coefficient (Wildman–Crippen LogP) is 3.37. The van der Waals surface area contributed by atoms with Gasteiger partial charge in [0, 0.05) is 18.9 Å². The largest absolute Gasteiger partial charge is 0.337 e. The third-order valence-electron chi connectivity index (χ3n) is 4.06. The molecule has 1 amide bonds. The number of hydrogen-bond donors (Lipinski definition) is 0. The minimum atomic E-state index is -0.103. The average Bonchev–Trinajstić information content (AvgIpc) is 3.09. The minimum Gasteiger partial charge on any atom is -0.337 e. The summed E-state index contributed by atoms with van der Waals surface area (Å²) in [7, 11) is 0. The fraction of sp³-hybridized carbons (Fsp3) is 0.471. The van der Waals surface area contributed by atoms with E-state index in [0.29, 0.717) is 24.7 Å². The van der Waals surface area contributed by atoms with Crippen LogP contribution in [0.1, 0.15) is 61.5 Å². The van der Waals surface area contributed by atoms with E-state index in [1.807, 2.05) is 18.7 Å². The quantitative estimate of drug-likeness (QED) is 0.868. The summed E-state index contributed by atoms with van der Waals surface area (Å²) in [4.78, 5) is 18.5. The standard InChI is InChI=1S/C17H21N3O2/c1-11(2)16-18-17(22-19-16)14-8-9-15(21)20(14)10-13-6-4-12(3)5-7-13/h4-7,11,14H,8-10H2,1-3H3. The van der Waals surface area contributed by atoms with Gasteiger partial charge in [0.15, 0.2) is 5.82 Å². The molecule has 0 N–H and O–H groups in total. The zero-order valence-electron chi connectivity index (χ0n) is 13.2. The Labute approximate surface area is 130 Å². The van der Waals surface area contributed by atoms with Crippen molar-refractivity contribution in [2.45, 2.75) is 52.1 Å². The number of amides is 1. The van der Waals surface area contributed by atoms with E-state index in [1.165, 1.54) is 5.56 Å². The molecule has 1 aromatic carbocycles. The van der Waals surface area contributed by atoms with Crippen molar-refractivity contribution in [1.29, 1.82) is 0 Å². The third-order valence-corrected chi connectivity index (χ3v) is 4.06. The molecule has 1 aromatic heterocycles. The van der Waals surface area contributed by atoms with Gasteiger partial charge in [0.05, 0.1) is 0 Å². The SMILES string of the molecule is Cc1ccc(CN2C(=O)CCC2c2nc(C(C)C)no2)cc1. The van der Waals surface area contributed by atoms with Crippen LogP contribution in [0.25, 0.3) is 0 Å². The fourth-order valence-electron chi connectivity index (χ4n) is 2.70. The van der Waals surface area contributed by atoms with Crippen LogP contribution >= 0.6 is 0 Å². The molecule has 2 heterocycles. The summed E-state index contributed by atoms with van der Waals surface area (Å²) in [6, 6.07) is 8.15. The number of carbonyl (C=O) groups excluding carboxylic acids is 1. The van der Waals surface area contributed by atoms with Gasteiger partial charge in [0.1, 0.15) is 6.04 Å². The Bertz CT molecular complexity index is 661. The maximum Gasteiger partial charge on any atom is 0.249 e.